The summed E-state index contributed by atoms with van der Waals surface area (Å²) in [5.41, 5.74) is 1.72. The molecule has 5 rings (SSSR count). The van der Waals surface area contributed by atoms with E-state index >= 15 is 0 Å². The minimum Gasteiger partial charge on any atom is -0.422 e. The first-order chi connectivity index (χ1) is 15.6. The van der Waals surface area contributed by atoms with Crippen molar-refractivity contribution in [1.82, 2.24) is 4.98 Å². The highest BCUT2D eigenvalue weighted by Gasteiger charge is 2.15. The van der Waals surface area contributed by atoms with Crippen molar-refractivity contribution in [2.24, 2.45) is 0 Å². The number of nitrogens with zero attached hydrogens (tertiary/aromatic N) is 2. The first-order valence-corrected chi connectivity index (χ1v) is 10.5. The third-order valence-electron chi connectivity index (χ3n) is 5.00. The molecule has 0 bridgehead atoms. The Balaban J connectivity index is 1.53. The second-order valence-electron chi connectivity index (χ2n) is 7.00. The molecule has 5 aromatic rings. The molecule has 0 saturated carbocycles. The third-order valence-corrected chi connectivity index (χ3v) is 5.88. The van der Waals surface area contributed by atoms with Gasteiger partial charge in [0.2, 0.25) is 0 Å². The summed E-state index contributed by atoms with van der Waals surface area (Å²) in [6.45, 7) is 0. The lowest BCUT2D eigenvalue weighted by molar-refractivity contribution is 0.563. The van der Waals surface area contributed by atoms with Gasteiger partial charge in [-0.15, -0.1) is 11.3 Å². The summed E-state index contributed by atoms with van der Waals surface area (Å²) in [5, 5.41) is 17.5. The van der Waals surface area contributed by atoms with E-state index in [1.807, 2.05) is 30.3 Å². The normalized spacial score (nSPS) is 11.6. The fourth-order valence-electron chi connectivity index (χ4n) is 3.41. The SMILES string of the molecule is N#CC(=CNc1ccc(F)cc1)c1nc(-c2cc3c(ccc4ccccc43)oc2=O)cs1. The fraction of sp³-hybridized carbons (Fsp3) is 0. The molecule has 3 aromatic carbocycles. The van der Waals surface area contributed by atoms with E-state index in [1.54, 1.807) is 29.6 Å². The number of aromatic nitrogens is 1. The van der Waals surface area contributed by atoms with Crippen LogP contribution in [0.3, 0.4) is 0 Å². The van der Waals surface area contributed by atoms with Crippen LogP contribution < -0.4 is 10.9 Å². The number of rotatable bonds is 4. The minimum absolute atomic E-state index is 0.293. The van der Waals surface area contributed by atoms with Crippen LogP contribution in [0.2, 0.25) is 0 Å². The molecule has 0 aliphatic rings. The number of anilines is 1. The number of benzene rings is 3. The number of nitriles is 1. The molecule has 5 nitrogen and oxygen atoms in total. The Kier molecular flexibility index (Phi) is 4.98. The zero-order valence-corrected chi connectivity index (χ0v) is 17.3. The highest BCUT2D eigenvalue weighted by molar-refractivity contribution is 7.11. The number of fused-ring (bicyclic) bond motifs is 3. The van der Waals surface area contributed by atoms with E-state index in [0.717, 1.165) is 16.2 Å². The van der Waals surface area contributed by atoms with Gasteiger partial charge < -0.3 is 9.73 Å². The lowest BCUT2D eigenvalue weighted by atomic mass is 10.0. The van der Waals surface area contributed by atoms with Gasteiger partial charge in [0.1, 0.15) is 28.1 Å². The molecule has 0 aliphatic carbocycles. The van der Waals surface area contributed by atoms with E-state index in [1.165, 1.54) is 29.7 Å². The first-order valence-electron chi connectivity index (χ1n) is 9.66. The number of halogens is 1. The zero-order valence-electron chi connectivity index (χ0n) is 16.5. The van der Waals surface area contributed by atoms with E-state index in [0.29, 0.717) is 33.1 Å². The van der Waals surface area contributed by atoms with Crippen molar-refractivity contribution in [3.05, 3.63) is 99.6 Å². The predicted octanol–water partition coefficient (Wildman–Crippen LogP) is 6.19. The fourth-order valence-corrected chi connectivity index (χ4v) is 4.20. The Bertz CT molecular complexity index is 1590. The first kappa shape index (κ1) is 19.7. The van der Waals surface area contributed by atoms with E-state index < -0.39 is 5.63 Å². The smallest absolute Gasteiger partial charge is 0.345 e. The lowest BCUT2D eigenvalue weighted by Gasteiger charge is -2.04. The van der Waals surface area contributed by atoms with Crippen molar-refractivity contribution < 1.29 is 8.81 Å². The average molecular weight is 439 g/mol. The van der Waals surface area contributed by atoms with Crippen LogP contribution in [0.5, 0.6) is 0 Å². The van der Waals surface area contributed by atoms with Crippen LogP contribution in [0.4, 0.5) is 10.1 Å². The van der Waals surface area contributed by atoms with Gasteiger partial charge >= 0.3 is 5.63 Å². The Labute approximate surface area is 185 Å². The summed E-state index contributed by atoms with van der Waals surface area (Å²) < 4.78 is 18.6. The summed E-state index contributed by atoms with van der Waals surface area (Å²) in [7, 11) is 0. The number of hydrogen-bond acceptors (Lipinski definition) is 6. The van der Waals surface area contributed by atoms with Crippen LogP contribution >= 0.6 is 11.3 Å². The van der Waals surface area contributed by atoms with Crippen molar-refractivity contribution in [2.75, 3.05) is 5.32 Å². The molecule has 0 saturated heterocycles. The van der Waals surface area contributed by atoms with Crippen molar-refractivity contribution in [3.8, 4) is 17.3 Å². The topological polar surface area (TPSA) is 78.9 Å². The van der Waals surface area contributed by atoms with Crippen LogP contribution in [0, 0.1) is 17.1 Å². The lowest BCUT2D eigenvalue weighted by Crippen LogP contribution is -2.03. The molecule has 0 amide bonds. The summed E-state index contributed by atoms with van der Waals surface area (Å²) >= 11 is 1.25. The second-order valence-corrected chi connectivity index (χ2v) is 7.86. The number of allylic oxidation sites excluding steroid dienone is 1. The van der Waals surface area contributed by atoms with Crippen LogP contribution in [-0.4, -0.2) is 4.98 Å². The van der Waals surface area contributed by atoms with Crippen LogP contribution in [-0.2, 0) is 0 Å². The zero-order chi connectivity index (χ0) is 22.1. The average Bonchev–Trinajstić information content (AvgIpc) is 3.30. The quantitative estimate of drug-likeness (QED) is 0.205. The van der Waals surface area contributed by atoms with Gasteiger partial charge in [-0.3, -0.25) is 0 Å². The standard InChI is InChI=1S/C25H14FN3O2S/c26-17-6-8-18(9-7-17)28-13-16(12-27)24-29-22(14-32-24)21-11-20-19-4-2-1-3-15(19)5-10-23(20)31-25(21)30/h1-11,13-14,28H. The number of hydrogen-bond donors (Lipinski definition) is 1. The molecule has 0 fully saturated rings. The van der Waals surface area contributed by atoms with Crippen LogP contribution in [0.25, 0.3) is 38.6 Å². The summed E-state index contributed by atoms with van der Waals surface area (Å²) in [5.74, 6) is -0.341. The molecular weight excluding hydrogens is 425 g/mol. The summed E-state index contributed by atoms with van der Waals surface area (Å²) in [6.07, 6.45) is 1.51. The van der Waals surface area contributed by atoms with Crippen molar-refractivity contribution in [1.29, 1.82) is 5.26 Å². The van der Waals surface area contributed by atoms with Gasteiger partial charge in [0, 0.05) is 22.7 Å². The molecule has 0 spiro atoms. The third kappa shape index (κ3) is 3.64. The van der Waals surface area contributed by atoms with E-state index in [2.05, 4.69) is 16.4 Å². The highest BCUT2D eigenvalue weighted by atomic mass is 32.1. The van der Waals surface area contributed by atoms with E-state index in [-0.39, 0.29) is 5.82 Å². The van der Waals surface area contributed by atoms with Crippen molar-refractivity contribution >= 4 is 44.3 Å². The van der Waals surface area contributed by atoms with Gasteiger partial charge in [-0.1, -0.05) is 30.3 Å². The summed E-state index contributed by atoms with van der Waals surface area (Å²) in [4.78, 5) is 17.1. The predicted molar refractivity (Wildman–Crippen MR) is 125 cm³/mol. The molecule has 0 radical (unpaired) electrons. The maximum atomic E-state index is 13.1. The maximum Gasteiger partial charge on any atom is 0.345 e. The van der Waals surface area contributed by atoms with Crippen molar-refractivity contribution in [2.45, 2.75) is 0 Å². The van der Waals surface area contributed by atoms with Gasteiger partial charge in [-0.05, 0) is 47.2 Å². The minimum atomic E-state index is -0.489. The van der Waals surface area contributed by atoms with Gasteiger partial charge in [-0.2, -0.15) is 5.26 Å². The summed E-state index contributed by atoms with van der Waals surface area (Å²) in [6, 6.07) is 21.2. The Hall–Kier alpha value is -4.28. The molecule has 0 atom stereocenters. The van der Waals surface area contributed by atoms with E-state index in [9.17, 15) is 14.4 Å². The van der Waals surface area contributed by atoms with Gasteiger partial charge in [-0.25, -0.2) is 14.2 Å². The molecule has 7 heteroatoms. The Morgan fingerprint density at radius 3 is 2.72 bits per heavy atom. The van der Waals surface area contributed by atoms with E-state index in [4.69, 9.17) is 4.42 Å². The van der Waals surface area contributed by atoms with Gasteiger partial charge in [0.05, 0.1) is 11.3 Å². The molecule has 0 unspecified atom stereocenters. The number of thiazole rings is 1. The Morgan fingerprint density at radius 2 is 1.91 bits per heavy atom. The monoisotopic (exact) mass is 439 g/mol. The largest absolute Gasteiger partial charge is 0.422 e. The molecule has 2 heterocycles. The van der Waals surface area contributed by atoms with Crippen LogP contribution in [0.15, 0.2) is 87.5 Å². The van der Waals surface area contributed by atoms with Crippen molar-refractivity contribution in [3.63, 3.8) is 0 Å². The van der Waals surface area contributed by atoms with Gasteiger partial charge in [0.25, 0.3) is 0 Å². The van der Waals surface area contributed by atoms with Gasteiger partial charge in [0.15, 0.2) is 0 Å². The molecular formula is C25H14FN3O2S. The Morgan fingerprint density at radius 1 is 1.09 bits per heavy atom. The molecule has 2 aromatic heterocycles. The molecule has 1 N–H and O–H groups in total. The highest BCUT2D eigenvalue weighted by Crippen LogP contribution is 2.29. The number of nitrogens with one attached hydrogen (secondary N) is 1. The molecule has 32 heavy (non-hydrogen) atoms. The maximum absolute atomic E-state index is 13.1. The van der Waals surface area contributed by atoms with Crippen LogP contribution in [0.1, 0.15) is 5.01 Å². The second kappa shape index (κ2) is 8.10. The molecule has 154 valence electrons. The molecule has 0 aliphatic heterocycles.